The summed E-state index contributed by atoms with van der Waals surface area (Å²) in [4.78, 5) is 0.577. The van der Waals surface area contributed by atoms with Crippen LogP contribution in [0.15, 0.2) is 29.2 Å². The molecule has 2 N–H and O–H groups in total. The van der Waals surface area contributed by atoms with Crippen LogP contribution in [0.25, 0.3) is 0 Å². The lowest BCUT2D eigenvalue weighted by atomic mass is 10.4. The van der Waals surface area contributed by atoms with Crippen molar-refractivity contribution in [3.05, 3.63) is 24.3 Å². The van der Waals surface area contributed by atoms with Gasteiger partial charge in [0.1, 0.15) is 0 Å². The van der Waals surface area contributed by atoms with E-state index in [0.717, 1.165) is 0 Å². The molecule has 0 heterocycles. The van der Waals surface area contributed by atoms with E-state index in [-0.39, 0.29) is 12.4 Å². The first-order valence-electron chi connectivity index (χ1n) is 5.75. The molecule has 0 bridgehead atoms. The van der Waals surface area contributed by atoms with E-state index in [1.807, 2.05) is 12.1 Å². The minimum absolute atomic E-state index is 0.0111. The molecule has 0 amide bonds. The quantitative estimate of drug-likeness (QED) is 0.805. The number of benzene rings is 1. The fraction of sp³-hybridized carbons (Fsp3) is 0.500. The normalized spacial score (nSPS) is 15.5. The summed E-state index contributed by atoms with van der Waals surface area (Å²) >= 11 is 0. The smallest absolute Gasteiger partial charge is 0.0775 e. The molecule has 0 aliphatic rings. The van der Waals surface area contributed by atoms with Crippen molar-refractivity contribution >= 4 is 23.0 Å². The van der Waals surface area contributed by atoms with Gasteiger partial charge in [-0.3, -0.25) is 0 Å². The summed E-state index contributed by atoms with van der Waals surface area (Å²) in [7, 11) is -4.06. The maximum atomic E-state index is 12.1. The number of rotatable bonds is 5. The molecule has 0 spiro atoms. The third kappa shape index (κ3) is 3.94. The van der Waals surface area contributed by atoms with Crippen LogP contribution in [0.4, 0.5) is 0 Å². The highest BCUT2D eigenvalue weighted by Crippen LogP contribution is 2.13. The van der Waals surface area contributed by atoms with Crippen LogP contribution in [-0.4, -0.2) is 29.7 Å². The van der Waals surface area contributed by atoms with Gasteiger partial charge in [-0.1, -0.05) is 37.0 Å². The minimum atomic E-state index is -2.73. The van der Waals surface area contributed by atoms with Gasteiger partial charge in [-0.25, -0.2) is 8.99 Å². The number of hydrogen-bond donors (Lipinski definition) is 2. The second kappa shape index (κ2) is 5.33. The minimum Gasteiger partial charge on any atom is -0.396 e. The number of aliphatic hydroxyl groups is 1. The SMILES string of the molecule is C[Si](C)(C)c1ccc(S(=N)(=O)CCCO)cc1. The zero-order valence-electron chi connectivity index (χ0n) is 10.7. The number of nitrogens with one attached hydrogen (secondary N) is 1. The van der Waals surface area contributed by atoms with Crippen LogP contribution in [0.3, 0.4) is 0 Å². The average molecular weight is 271 g/mol. The summed E-state index contributed by atoms with van der Waals surface area (Å²) in [5.74, 6) is 0.232. The van der Waals surface area contributed by atoms with Crippen LogP contribution >= 0.6 is 0 Å². The van der Waals surface area contributed by atoms with Crippen LogP contribution in [-0.2, 0) is 9.73 Å². The number of hydrogen-bond acceptors (Lipinski definition) is 3. The molecule has 0 saturated heterocycles. The van der Waals surface area contributed by atoms with Crippen molar-refractivity contribution in [1.82, 2.24) is 0 Å². The molecule has 0 fully saturated rings. The van der Waals surface area contributed by atoms with Crippen LogP contribution < -0.4 is 5.19 Å². The molecule has 96 valence electrons. The molecule has 3 nitrogen and oxygen atoms in total. The highest BCUT2D eigenvalue weighted by Gasteiger charge is 2.17. The Bertz CT molecular complexity index is 460. The monoisotopic (exact) mass is 271 g/mol. The Morgan fingerprint density at radius 3 is 2.18 bits per heavy atom. The maximum Gasteiger partial charge on any atom is 0.0775 e. The van der Waals surface area contributed by atoms with Gasteiger partial charge in [-0.2, -0.15) is 0 Å². The second-order valence-corrected chi connectivity index (χ2v) is 12.5. The molecule has 0 aliphatic heterocycles. The molecule has 17 heavy (non-hydrogen) atoms. The Hall–Kier alpha value is -0.653. The first-order chi connectivity index (χ1) is 7.77. The van der Waals surface area contributed by atoms with Crippen LogP contribution in [0, 0.1) is 4.78 Å². The molecule has 1 aromatic carbocycles. The molecule has 5 heteroatoms. The van der Waals surface area contributed by atoms with Gasteiger partial charge in [0.15, 0.2) is 0 Å². The molecule has 1 rings (SSSR count). The van der Waals surface area contributed by atoms with Crippen LogP contribution in [0.1, 0.15) is 6.42 Å². The zero-order chi connectivity index (χ0) is 13.1. The predicted molar refractivity (Wildman–Crippen MR) is 75.1 cm³/mol. The average Bonchev–Trinajstić information content (AvgIpc) is 2.25. The van der Waals surface area contributed by atoms with E-state index >= 15 is 0 Å². The molecule has 0 saturated carbocycles. The van der Waals surface area contributed by atoms with E-state index in [2.05, 4.69) is 19.6 Å². The topological polar surface area (TPSA) is 61.2 Å². The van der Waals surface area contributed by atoms with Crippen molar-refractivity contribution in [3.8, 4) is 0 Å². The fourth-order valence-corrected chi connectivity index (χ4v) is 4.07. The van der Waals surface area contributed by atoms with E-state index in [1.165, 1.54) is 5.19 Å². The fourth-order valence-electron chi connectivity index (χ4n) is 1.56. The first-order valence-corrected chi connectivity index (χ1v) is 11.0. The van der Waals surface area contributed by atoms with Crippen molar-refractivity contribution in [2.45, 2.75) is 31.0 Å². The van der Waals surface area contributed by atoms with E-state index in [1.54, 1.807) is 12.1 Å². The lowest BCUT2D eigenvalue weighted by Gasteiger charge is -2.17. The second-order valence-electron chi connectivity index (χ2n) is 5.23. The van der Waals surface area contributed by atoms with E-state index in [0.29, 0.717) is 11.3 Å². The molecular formula is C12H21NO2SSi. The van der Waals surface area contributed by atoms with Crippen molar-refractivity contribution in [3.63, 3.8) is 0 Å². The van der Waals surface area contributed by atoms with Gasteiger partial charge in [0.05, 0.1) is 17.8 Å². The third-order valence-corrected chi connectivity index (χ3v) is 6.65. The van der Waals surface area contributed by atoms with Crippen LogP contribution in [0.2, 0.25) is 19.6 Å². The predicted octanol–water partition coefficient (Wildman–Crippen LogP) is 2.02. The highest BCUT2D eigenvalue weighted by atomic mass is 32.2. The van der Waals surface area contributed by atoms with Gasteiger partial charge >= 0.3 is 0 Å². The van der Waals surface area contributed by atoms with Crippen molar-refractivity contribution in [2.75, 3.05) is 12.4 Å². The Balaban J connectivity index is 2.95. The van der Waals surface area contributed by atoms with E-state index < -0.39 is 17.8 Å². The Kier molecular flexibility index (Phi) is 4.52. The zero-order valence-corrected chi connectivity index (χ0v) is 12.5. The molecule has 0 aromatic heterocycles. The molecule has 0 aliphatic carbocycles. The Morgan fingerprint density at radius 2 is 1.76 bits per heavy atom. The van der Waals surface area contributed by atoms with Gasteiger partial charge in [-0.05, 0) is 18.6 Å². The molecular weight excluding hydrogens is 250 g/mol. The Morgan fingerprint density at radius 1 is 1.24 bits per heavy atom. The summed E-state index contributed by atoms with van der Waals surface area (Å²) in [6, 6.07) is 7.60. The molecule has 1 unspecified atom stereocenters. The molecule has 1 atom stereocenters. The summed E-state index contributed by atoms with van der Waals surface area (Å²) in [6.07, 6.45) is 0.415. The van der Waals surface area contributed by atoms with Gasteiger partial charge in [-0.15, -0.1) is 0 Å². The van der Waals surface area contributed by atoms with Crippen molar-refractivity contribution in [1.29, 1.82) is 4.78 Å². The lowest BCUT2D eigenvalue weighted by molar-refractivity contribution is 0.295. The summed E-state index contributed by atoms with van der Waals surface area (Å²) in [6.45, 7) is 6.76. The highest BCUT2D eigenvalue weighted by molar-refractivity contribution is 7.92. The van der Waals surface area contributed by atoms with Gasteiger partial charge < -0.3 is 5.11 Å². The molecule has 0 radical (unpaired) electrons. The largest absolute Gasteiger partial charge is 0.396 e. The van der Waals surface area contributed by atoms with Crippen molar-refractivity contribution in [2.24, 2.45) is 0 Å². The van der Waals surface area contributed by atoms with Crippen molar-refractivity contribution < 1.29 is 9.32 Å². The summed E-state index contributed by atoms with van der Waals surface area (Å²) in [5.41, 5.74) is 0. The van der Waals surface area contributed by atoms with Gasteiger partial charge in [0, 0.05) is 17.3 Å². The maximum absolute atomic E-state index is 12.1. The van der Waals surface area contributed by atoms with E-state index in [9.17, 15) is 4.21 Å². The molecule has 1 aromatic rings. The third-order valence-electron chi connectivity index (χ3n) is 2.69. The summed E-state index contributed by atoms with van der Waals surface area (Å²) < 4.78 is 19.9. The number of aliphatic hydroxyl groups excluding tert-OH is 1. The lowest BCUT2D eigenvalue weighted by Crippen LogP contribution is -2.37. The Labute approximate surface area is 105 Å². The van der Waals surface area contributed by atoms with Gasteiger partial charge in [0.25, 0.3) is 0 Å². The first kappa shape index (κ1) is 14.4. The van der Waals surface area contributed by atoms with Crippen LogP contribution in [0.5, 0.6) is 0 Å². The van der Waals surface area contributed by atoms with E-state index in [4.69, 9.17) is 9.89 Å². The van der Waals surface area contributed by atoms with Gasteiger partial charge in [0.2, 0.25) is 0 Å². The summed E-state index contributed by atoms with van der Waals surface area (Å²) in [5, 5.41) is 10.0. The standard InChI is InChI=1S/C12H21NO2SSi/c1-17(2,3)12-7-5-11(6-8-12)16(13,15)10-4-9-14/h5-8,13-14H,4,9-10H2,1-3H3.